The third-order valence-corrected chi connectivity index (χ3v) is 4.18. The van der Waals surface area contributed by atoms with Crippen molar-refractivity contribution >= 4 is 22.8 Å². The molecule has 0 bridgehead atoms. The van der Waals surface area contributed by atoms with Gasteiger partial charge in [-0.25, -0.2) is 4.79 Å². The number of para-hydroxylation sites is 1. The second-order valence-electron chi connectivity index (χ2n) is 6.78. The van der Waals surface area contributed by atoms with Gasteiger partial charge >= 0.3 is 5.63 Å². The summed E-state index contributed by atoms with van der Waals surface area (Å²) in [6.45, 7) is 5.00. The van der Waals surface area contributed by atoms with Crippen LogP contribution in [0, 0.1) is 5.92 Å². The quantitative estimate of drug-likeness (QED) is 0.333. The molecule has 0 aliphatic carbocycles. The van der Waals surface area contributed by atoms with E-state index in [-0.39, 0.29) is 11.3 Å². The van der Waals surface area contributed by atoms with Gasteiger partial charge in [0.05, 0.1) is 6.61 Å². The summed E-state index contributed by atoms with van der Waals surface area (Å²) in [4.78, 5) is 24.4. The van der Waals surface area contributed by atoms with Crippen LogP contribution in [-0.4, -0.2) is 12.4 Å². The van der Waals surface area contributed by atoms with Gasteiger partial charge in [0, 0.05) is 5.39 Å². The molecular formula is C23H22O4. The zero-order chi connectivity index (χ0) is 19.2. The largest absolute Gasteiger partial charge is 0.494 e. The molecule has 0 saturated heterocycles. The summed E-state index contributed by atoms with van der Waals surface area (Å²) >= 11 is 0. The number of carbonyl (C=O) groups is 1. The van der Waals surface area contributed by atoms with Crippen LogP contribution in [0.25, 0.3) is 17.0 Å². The summed E-state index contributed by atoms with van der Waals surface area (Å²) < 4.78 is 10.9. The standard InChI is InChI=1S/C23H22O4/c1-16(2)13-14-26-19-10-7-17(8-11-19)9-12-21(24)20-15-18-5-3-4-6-22(18)27-23(20)25/h3-12,15-16H,13-14H2,1-2H3/b12-9+. The number of rotatable bonds is 7. The molecule has 2 aromatic carbocycles. The number of carbonyl (C=O) groups excluding carboxylic acids is 1. The van der Waals surface area contributed by atoms with Crippen LogP contribution in [0.5, 0.6) is 5.75 Å². The van der Waals surface area contributed by atoms with Crippen LogP contribution in [-0.2, 0) is 0 Å². The number of benzene rings is 2. The van der Waals surface area contributed by atoms with Crippen molar-refractivity contribution in [2.45, 2.75) is 20.3 Å². The van der Waals surface area contributed by atoms with Crippen molar-refractivity contribution in [3.63, 3.8) is 0 Å². The zero-order valence-electron chi connectivity index (χ0n) is 15.5. The van der Waals surface area contributed by atoms with Crippen molar-refractivity contribution in [1.82, 2.24) is 0 Å². The van der Waals surface area contributed by atoms with Crippen LogP contribution in [0.1, 0.15) is 36.2 Å². The van der Waals surface area contributed by atoms with Gasteiger partial charge in [0.15, 0.2) is 5.78 Å². The molecule has 0 spiro atoms. The first kappa shape index (κ1) is 18.6. The minimum Gasteiger partial charge on any atom is -0.494 e. The molecule has 0 radical (unpaired) electrons. The number of fused-ring (bicyclic) bond motifs is 1. The summed E-state index contributed by atoms with van der Waals surface area (Å²) in [5.41, 5.74) is 0.719. The summed E-state index contributed by atoms with van der Waals surface area (Å²) in [6.07, 6.45) is 4.06. The lowest BCUT2D eigenvalue weighted by atomic mass is 10.1. The molecule has 4 nitrogen and oxygen atoms in total. The van der Waals surface area contributed by atoms with Gasteiger partial charge < -0.3 is 9.15 Å². The van der Waals surface area contributed by atoms with E-state index in [1.54, 1.807) is 30.3 Å². The van der Waals surface area contributed by atoms with Crippen LogP contribution in [0.3, 0.4) is 0 Å². The van der Waals surface area contributed by atoms with Gasteiger partial charge in [-0.15, -0.1) is 0 Å². The molecule has 0 aliphatic heterocycles. The maximum absolute atomic E-state index is 12.4. The minimum atomic E-state index is -0.628. The maximum atomic E-state index is 12.4. The fourth-order valence-corrected chi connectivity index (χ4v) is 2.58. The Labute approximate surface area is 158 Å². The molecule has 27 heavy (non-hydrogen) atoms. The van der Waals surface area contributed by atoms with Crippen molar-refractivity contribution in [2.75, 3.05) is 6.61 Å². The Hall–Kier alpha value is -3.14. The number of ketones is 1. The third kappa shape index (κ3) is 4.94. The topological polar surface area (TPSA) is 56.5 Å². The Morgan fingerprint density at radius 3 is 2.59 bits per heavy atom. The van der Waals surface area contributed by atoms with Crippen molar-refractivity contribution in [2.24, 2.45) is 5.92 Å². The Morgan fingerprint density at radius 1 is 1.11 bits per heavy atom. The number of hydrogen-bond donors (Lipinski definition) is 0. The van der Waals surface area contributed by atoms with Gasteiger partial charge in [0.1, 0.15) is 16.9 Å². The van der Waals surface area contributed by atoms with E-state index < -0.39 is 5.63 Å². The van der Waals surface area contributed by atoms with Gasteiger partial charge in [-0.3, -0.25) is 4.79 Å². The summed E-state index contributed by atoms with van der Waals surface area (Å²) in [6, 6.07) is 16.2. The predicted molar refractivity (Wildman–Crippen MR) is 107 cm³/mol. The van der Waals surface area contributed by atoms with Crippen LogP contribution in [0.2, 0.25) is 0 Å². The van der Waals surface area contributed by atoms with Gasteiger partial charge in [0.2, 0.25) is 0 Å². The fourth-order valence-electron chi connectivity index (χ4n) is 2.58. The molecule has 0 unspecified atom stereocenters. The first-order valence-electron chi connectivity index (χ1n) is 9.01. The second kappa shape index (κ2) is 8.49. The summed E-state index contributed by atoms with van der Waals surface area (Å²) in [5, 5.41) is 0.719. The monoisotopic (exact) mass is 362 g/mol. The van der Waals surface area contributed by atoms with Crippen LogP contribution < -0.4 is 10.4 Å². The Bertz CT molecular complexity index is 1010. The first-order valence-corrected chi connectivity index (χ1v) is 9.01. The summed E-state index contributed by atoms with van der Waals surface area (Å²) in [7, 11) is 0. The highest BCUT2D eigenvalue weighted by atomic mass is 16.5. The van der Waals surface area contributed by atoms with Crippen molar-refractivity contribution in [3.05, 3.63) is 82.2 Å². The van der Waals surface area contributed by atoms with Gasteiger partial charge in [0.25, 0.3) is 0 Å². The van der Waals surface area contributed by atoms with Crippen LogP contribution in [0.15, 0.2) is 69.9 Å². The smallest absolute Gasteiger partial charge is 0.347 e. The van der Waals surface area contributed by atoms with Crippen molar-refractivity contribution < 1.29 is 13.9 Å². The van der Waals surface area contributed by atoms with E-state index in [2.05, 4.69) is 13.8 Å². The molecule has 0 aliphatic rings. The van der Waals surface area contributed by atoms with Crippen LogP contribution in [0.4, 0.5) is 0 Å². The molecule has 3 rings (SSSR count). The molecule has 0 atom stereocenters. The molecule has 0 saturated carbocycles. The SMILES string of the molecule is CC(C)CCOc1ccc(/C=C/C(=O)c2cc3ccccc3oc2=O)cc1. The highest BCUT2D eigenvalue weighted by Crippen LogP contribution is 2.16. The molecule has 0 N–H and O–H groups in total. The molecule has 0 amide bonds. The number of hydrogen-bond acceptors (Lipinski definition) is 4. The van der Waals surface area contributed by atoms with Crippen molar-refractivity contribution in [1.29, 1.82) is 0 Å². The zero-order valence-corrected chi connectivity index (χ0v) is 15.5. The minimum absolute atomic E-state index is 0.0265. The Balaban J connectivity index is 1.69. The average Bonchev–Trinajstić information content (AvgIpc) is 2.66. The summed E-state index contributed by atoms with van der Waals surface area (Å²) in [5.74, 6) is 1.02. The number of ether oxygens (including phenoxy) is 1. The van der Waals surface area contributed by atoms with E-state index in [9.17, 15) is 9.59 Å². The molecule has 0 fully saturated rings. The van der Waals surface area contributed by atoms with Gasteiger partial charge in [-0.05, 0) is 48.2 Å². The van der Waals surface area contributed by atoms with Crippen LogP contribution >= 0.6 is 0 Å². The molecule has 138 valence electrons. The Morgan fingerprint density at radius 2 is 1.85 bits per heavy atom. The normalized spacial score (nSPS) is 11.4. The highest BCUT2D eigenvalue weighted by molar-refractivity contribution is 6.07. The van der Waals surface area contributed by atoms with E-state index in [1.807, 2.05) is 30.3 Å². The molecule has 1 aromatic heterocycles. The predicted octanol–water partition coefficient (Wildman–Crippen LogP) is 5.11. The lowest BCUT2D eigenvalue weighted by Crippen LogP contribution is -2.11. The van der Waals surface area contributed by atoms with E-state index in [0.29, 0.717) is 18.1 Å². The van der Waals surface area contributed by atoms with Crippen molar-refractivity contribution in [3.8, 4) is 5.75 Å². The van der Waals surface area contributed by atoms with E-state index in [0.717, 1.165) is 23.1 Å². The first-order chi connectivity index (χ1) is 13.0. The van der Waals surface area contributed by atoms with E-state index >= 15 is 0 Å². The van der Waals surface area contributed by atoms with E-state index in [1.165, 1.54) is 6.08 Å². The molecular weight excluding hydrogens is 340 g/mol. The maximum Gasteiger partial charge on any atom is 0.347 e. The van der Waals surface area contributed by atoms with Gasteiger partial charge in [-0.2, -0.15) is 0 Å². The molecule has 1 heterocycles. The lowest BCUT2D eigenvalue weighted by Gasteiger charge is -2.08. The highest BCUT2D eigenvalue weighted by Gasteiger charge is 2.10. The average molecular weight is 362 g/mol. The van der Waals surface area contributed by atoms with E-state index in [4.69, 9.17) is 9.15 Å². The molecule has 4 heteroatoms. The molecule has 3 aromatic rings. The van der Waals surface area contributed by atoms with Gasteiger partial charge in [-0.1, -0.05) is 50.3 Å². The second-order valence-corrected chi connectivity index (χ2v) is 6.78. The third-order valence-electron chi connectivity index (χ3n) is 4.18. The fraction of sp³-hybridized carbons (Fsp3) is 0.217. The Kier molecular flexibility index (Phi) is 5.87. The lowest BCUT2D eigenvalue weighted by molar-refractivity contribution is 0.104. The number of allylic oxidation sites excluding steroid dienone is 1.